The Labute approximate surface area is 172 Å². The van der Waals surface area contributed by atoms with E-state index in [0.29, 0.717) is 12.6 Å². The minimum absolute atomic E-state index is 0.0916. The van der Waals surface area contributed by atoms with Gasteiger partial charge in [-0.25, -0.2) is 5.43 Å². The summed E-state index contributed by atoms with van der Waals surface area (Å²) in [5.74, 6) is -0.0916. The SMILES string of the molecule is Cc1cc(/C=N\NC(=O)CN2CCCc3ccccc32)c(C)n1C[C@@H]1CCCO1. The number of hydrogen-bond donors (Lipinski definition) is 1. The number of ether oxygens (including phenoxy) is 1. The van der Waals surface area contributed by atoms with Gasteiger partial charge in [0.05, 0.1) is 18.9 Å². The van der Waals surface area contributed by atoms with Crippen LogP contribution in [0.4, 0.5) is 5.69 Å². The van der Waals surface area contributed by atoms with E-state index in [9.17, 15) is 4.79 Å². The Morgan fingerprint density at radius 3 is 3.00 bits per heavy atom. The first-order valence-electron chi connectivity index (χ1n) is 10.5. The number of benzene rings is 1. The smallest absolute Gasteiger partial charge is 0.259 e. The van der Waals surface area contributed by atoms with Gasteiger partial charge in [-0.3, -0.25) is 4.79 Å². The van der Waals surface area contributed by atoms with E-state index >= 15 is 0 Å². The molecule has 29 heavy (non-hydrogen) atoms. The van der Waals surface area contributed by atoms with Crippen molar-refractivity contribution in [2.75, 3.05) is 24.6 Å². The molecule has 0 radical (unpaired) electrons. The number of fused-ring (bicyclic) bond motifs is 1. The lowest BCUT2D eigenvalue weighted by Crippen LogP contribution is -2.38. The maximum atomic E-state index is 12.4. The fourth-order valence-corrected chi connectivity index (χ4v) is 4.39. The molecule has 1 aromatic heterocycles. The van der Waals surface area contributed by atoms with Crippen molar-refractivity contribution in [1.29, 1.82) is 0 Å². The van der Waals surface area contributed by atoms with Gasteiger partial charge < -0.3 is 14.2 Å². The fourth-order valence-electron chi connectivity index (χ4n) is 4.39. The molecule has 0 unspecified atom stereocenters. The molecule has 0 bridgehead atoms. The van der Waals surface area contributed by atoms with Crippen molar-refractivity contribution >= 4 is 17.8 Å². The Morgan fingerprint density at radius 2 is 2.17 bits per heavy atom. The van der Waals surface area contributed by atoms with Crippen LogP contribution in [0.15, 0.2) is 35.4 Å². The zero-order valence-corrected chi connectivity index (χ0v) is 17.4. The van der Waals surface area contributed by atoms with Crippen LogP contribution in [0.25, 0.3) is 0 Å². The molecular formula is C23H30N4O2. The Kier molecular flexibility index (Phi) is 6.00. The molecule has 2 aliphatic rings. The van der Waals surface area contributed by atoms with Crippen LogP contribution in [0.2, 0.25) is 0 Å². The molecule has 1 N–H and O–H groups in total. The molecule has 0 saturated carbocycles. The van der Waals surface area contributed by atoms with Gasteiger partial charge in [-0.15, -0.1) is 0 Å². The normalized spacial score (nSPS) is 19.0. The third-order valence-electron chi connectivity index (χ3n) is 5.96. The summed E-state index contributed by atoms with van der Waals surface area (Å²) in [6.45, 7) is 7.17. The van der Waals surface area contributed by atoms with Gasteiger partial charge in [0, 0.05) is 42.3 Å². The van der Waals surface area contributed by atoms with Crippen molar-refractivity contribution in [1.82, 2.24) is 9.99 Å². The van der Waals surface area contributed by atoms with Crippen molar-refractivity contribution in [3.05, 3.63) is 52.8 Å². The number of carbonyl (C=O) groups is 1. The highest BCUT2D eigenvalue weighted by Gasteiger charge is 2.19. The quantitative estimate of drug-likeness (QED) is 0.605. The Balaban J connectivity index is 1.35. The minimum atomic E-state index is -0.0916. The maximum Gasteiger partial charge on any atom is 0.259 e. The van der Waals surface area contributed by atoms with E-state index < -0.39 is 0 Å². The lowest BCUT2D eigenvalue weighted by atomic mass is 10.0. The number of hydrazone groups is 1. The van der Waals surface area contributed by atoms with Crippen LogP contribution >= 0.6 is 0 Å². The van der Waals surface area contributed by atoms with E-state index in [1.165, 1.54) is 11.3 Å². The highest BCUT2D eigenvalue weighted by atomic mass is 16.5. The van der Waals surface area contributed by atoms with E-state index in [0.717, 1.165) is 62.3 Å². The predicted molar refractivity (Wildman–Crippen MR) is 116 cm³/mol. The Hall–Kier alpha value is -2.60. The average Bonchev–Trinajstić information content (AvgIpc) is 3.32. The zero-order valence-electron chi connectivity index (χ0n) is 17.4. The van der Waals surface area contributed by atoms with Gasteiger partial charge in [-0.2, -0.15) is 5.10 Å². The summed E-state index contributed by atoms with van der Waals surface area (Å²) in [5, 5.41) is 4.21. The summed E-state index contributed by atoms with van der Waals surface area (Å²) in [6.07, 6.45) is 6.47. The highest BCUT2D eigenvalue weighted by Crippen LogP contribution is 2.26. The predicted octanol–water partition coefficient (Wildman–Crippen LogP) is 3.19. The number of anilines is 1. The number of para-hydroxylation sites is 1. The van der Waals surface area contributed by atoms with Crippen molar-refractivity contribution in [2.45, 2.75) is 52.2 Å². The molecule has 0 aliphatic carbocycles. The van der Waals surface area contributed by atoms with E-state index in [2.05, 4.69) is 58.1 Å². The molecule has 154 valence electrons. The van der Waals surface area contributed by atoms with Gasteiger partial charge in [0.25, 0.3) is 5.91 Å². The Bertz CT molecular complexity index is 896. The zero-order chi connectivity index (χ0) is 20.2. The number of aryl methyl sites for hydroxylation is 2. The van der Waals surface area contributed by atoms with Crippen LogP contribution in [0, 0.1) is 13.8 Å². The van der Waals surface area contributed by atoms with E-state index in [1.54, 1.807) is 6.21 Å². The molecule has 1 atom stereocenters. The van der Waals surface area contributed by atoms with Crippen LogP contribution in [0.1, 0.15) is 41.8 Å². The number of aromatic nitrogens is 1. The second-order valence-corrected chi connectivity index (χ2v) is 8.02. The van der Waals surface area contributed by atoms with Crippen molar-refractivity contribution in [3.63, 3.8) is 0 Å². The number of hydrogen-bond acceptors (Lipinski definition) is 4. The van der Waals surface area contributed by atoms with Gasteiger partial charge in [0.1, 0.15) is 0 Å². The number of amides is 1. The Morgan fingerprint density at radius 1 is 1.31 bits per heavy atom. The van der Waals surface area contributed by atoms with Crippen LogP contribution in [-0.2, 0) is 22.5 Å². The fraction of sp³-hybridized carbons (Fsp3) is 0.478. The number of nitrogens with one attached hydrogen (secondary N) is 1. The maximum absolute atomic E-state index is 12.4. The molecule has 1 saturated heterocycles. The van der Waals surface area contributed by atoms with Crippen molar-refractivity contribution in [3.8, 4) is 0 Å². The summed E-state index contributed by atoms with van der Waals surface area (Å²) >= 11 is 0. The molecule has 6 heteroatoms. The third kappa shape index (κ3) is 4.53. The highest BCUT2D eigenvalue weighted by molar-refractivity contribution is 5.85. The van der Waals surface area contributed by atoms with Crippen LogP contribution < -0.4 is 10.3 Å². The van der Waals surface area contributed by atoms with Gasteiger partial charge in [0.15, 0.2) is 0 Å². The molecule has 1 fully saturated rings. The van der Waals surface area contributed by atoms with Crippen molar-refractivity contribution < 1.29 is 9.53 Å². The second-order valence-electron chi connectivity index (χ2n) is 8.02. The van der Waals surface area contributed by atoms with E-state index in [-0.39, 0.29) is 5.91 Å². The number of nitrogens with zero attached hydrogens (tertiary/aromatic N) is 3. The molecular weight excluding hydrogens is 364 g/mol. The molecule has 2 aromatic rings. The summed E-state index contributed by atoms with van der Waals surface area (Å²) in [4.78, 5) is 14.5. The lowest BCUT2D eigenvalue weighted by Gasteiger charge is -2.30. The van der Waals surface area contributed by atoms with Gasteiger partial charge in [-0.1, -0.05) is 18.2 Å². The first kappa shape index (κ1) is 19.7. The molecule has 3 heterocycles. The summed E-state index contributed by atoms with van der Waals surface area (Å²) in [6, 6.07) is 10.4. The van der Waals surface area contributed by atoms with Crippen molar-refractivity contribution in [2.24, 2.45) is 5.10 Å². The van der Waals surface area contributed by atoms with Crippen LogP contribution in [0.5, 0.6) is 0 Å². The monoisotopic (exact) mass is 394 g/mol. The topological polar surface area (TPSA) is 58.9 Å². The third-order valence-corrected chi connectivity index (χ3v) is 5.96. The number of carbonyl (C=O) groups excluding carboxylic acids is 1. The minimum Gasteiger partial charge on any atom is -0.376 e. The standard InChI is InChI=1S/C23H30N4O2/c1-17-13-20(18(2)27(17)15-21-9-6-12-29-21)14-24-25-23(28)16-26-11-5-8-19-7-3-4-10-22(19)26/h3-4,7,10,13-14,21H,5-6,8-9,11-12,15-16H2,1-2H3,(H,25,28)/b24-14-/t21-/m0/s1. The molecule has 2 aliphatic heterocycles. The molecule has 0 spiro atoms. The van der Waals surface area contributed by atoms with Crippen LogP contribution in [-0.4, -0.2) is 42.5 Å². The number of rotatable bonds is 6. The summed E-state index contributed by atoms with van der Waals surface area (Å²) < 4.78 is 8.05. The molecule has 1 amide bonds. The summed E-state index contributed by atoms with van der Waals surface area (Å²) in [5.41, 5.74) is 8.55. The van der Waals surface area contributed by atoms with Gasteiger partial charge in [-0.05, 0) is 57.2 Å². The molecule has 6 nitrogen and oxygen atoms in total. The molecule has 4 rings (SSSR count). The second kappa shape index (κ2) is 8.82. The van der Waals surface area contributed by atoms with Crippen LogP contribution in [0.3, 0.4) is 0 Å². The first-order valence-corrected chi connectivity index (χ1v) is 10.5. The lowest BCUT2D eigenvalue weighted by molar-refractivity contribution is -0.119. The largest absolute Gasteiger partial charge is 0.376 e. The van der Waals surface area contributed by atoms with Gasteiger partial charge in [0.2, 0.25) is 0 Å². The van der Waals surface area contributed by atoms with E-state index in [1.807, 2.05) is 6.07 Å². The van der Waals surface area contributed by atoms with E-state index in [4.69, 9.17) is 4.74 Å². The molecule has 1 aromatic carbocycles. The first-order chi connectivity index (χ1) is 14.1. The van der Waals surface area contributed by atoms with Gasteiger partial charge >= 0.3 is 0 Å². The average molecular weight is 395 g/mol. The summed E-state index contributed by atoms with van der Waals surface area (Å²) in [7, 11) is 0.